The molecular formula is C23H24ClN3O3. The van der Waals surface area contributed by atoms with Crippen LogP contribution in [0.2, 0.25) is 5.02 Å². The van der Waals surface area contributed by atoms with Crippen molar-refractivity contribution < 1.29 is 14.7 Å². The molecule has 0 aliphatic carbocycles. The van der Waals surface area contributed by atoms with E-state index in [1.165, 1.54) is 18.2 Å². The fourth-order valence-electron chi connectivity index (χ4n) is 3.08. The number of aliphatic hydroxyl groups is 1. The summed E-state index contributed by atoms with van der Waals surface area (Å²) < 4.78 is 0. The topological polar surface area (TPSA) is 73.7 Å². The quantitative estimate of drug-likeness (QED) is 0.543. The molecule has 156 valence electrons. The summed E-state index contributed by atoms with van der Waals surface area (Å²) in [4.78, 5) is 32.5. The molecule has 2 heterocycles. The molecular weight excluding hydrogens is 402 g/mol. The molecule has 0 bridgehead atoms. The number of anilines is 1. The summed E-state index contributed by atoms with van der Waals surface area (Å²) in [6.07, 6.45) is 7.61. The normalized spacial score (nSPS) is 15.2. The van der Waals surface area contributed by atoms with Gasteiger partial charge in [0.1, 0.15) is 6.61 Å². The number of nitrogens with zero attached hydrogens (tertiary/aromatic N) is 3. The zero-order valence-corrected chi connectivity index (χ0v) is 17.5. The van der Waals surface area contributed by atoms with Crippen molar-refractivity contribution in [3.63, 3.8) is 0 Å². The molecule has 1 N–H and O–H groups in total. The van der Waals surface area contributed by atoms with Gasteiger partial charge in [-0.1, -0.05) is 17.7 Å². The maximum absolute atomic E-state index is 12.7. The van der Waals surface area contributed by atoms with Crippen LogP contribution >= 0.6 is 11.6 Å². The molecule has 1 aliphatic rings. The maximum atomic E-state index is 12.7. The van der Waals surface area contributed by atoms with E-state index in [1.54, 1.807) is 30.5 Å². The molecule has 0 spiro atoms. The minimum Gasteiger partial charge on any atom is -0.388 e. The lowest BCUT2D eigenvalue weighted by atomic mass is 10.1. The van der Waals surface area contributed by atoms with Crippen molar-refractivity contribution in [3.8, 4) is 0 Å². The van der Waals surface area contributed by atoms with Crippen LogP contribution in [0.3, 0.4) is 0 Å². The Kier molecular flexibility index (Phi) is 7.52. The summed E-state index contributed by atoms with van der Waals surface area (Å²) in [5.41, 5.74) is 2.85. The lowest BCUT2D eigenvalue weighted by molar-refractivity contribution is -0.117. The zero-order chi connectivity index (χ0) is 21.5. The van der Waals surface area contributed by atoms with Crippen LogP contribution in [0.15, 0.2) is 48.7 Å². The van der Waals surface area contributed by atoms with E-state index in [0.29, 0.717) is 16.3 Å². The van der Waals surface area contributed by atoms with Crippen molar-refractivity contribution in [2.45, 2.75) is 0 Å². The van der Waals surface area contributed by atoms with E-state index in [1.807, 2.05) is 12.1 Å². The van der Waals surface area contributed by atoms with Crippen molar-refractivity contribution in [3.05, 3.63) is 70.5 Å². The average molecular weight is 426 g/mol. The number of allylic oxidation sites excluding steroid dienone is 1. The van der Waals surface area contributed by atoms with Crippen molar-refractivity contribution >= 4 is 41.0 Å². The van der Waals surface area contributed by atoms with E-state index < -0.39 is 6.61 Å². The van der Waals surface area contributed by atoms with Crippen molar-refractivity contribution in [2.75, 3.05) is 44.7 Å². The van der Waals surface area contributed by atoms with Gasteiger partial charge >= 0.3 is 0 Å². The first-order valence-corrected chi connectivity index (χ1v) is 10.1. The van der Waals surface area contributed by atoms with Crippen LogP contribution < -0.4 is 4.90 Å². The van der Waals surface area contributed by atoms with Gasteiger partial charge in [0.05, 0.1) is 5.69 Å². The average Bonchev–Trinajstić information content (AvgIpc) is 2.76. The van der Waals surface area contributed by atoms with Crippen molar-refractivity contribution in [2.24, 2.45) is 0 Å². The van der Waals surface area contributed by atoms with Gasteiger partial charge in [-0.2, -0.15) is 0 Å². The van der Waals surface area contributed by atoms with E-state index in [2.05, 4.69) is 21.8 Å². The van der Waals surface area contributed by atoms with Gasteiger partial charge in [0.25, 0.3) is 0 Å². The van der Waals surface area contributed by atoms with Gasteiger partial charge in [0, 0.05) is 48.6 Å². The highest BCUT2D eigenvalue weighted by Gasteiger charge is 2.16. The van der Waals surface area contributed by atoms with Crippen LogP contribution in [0.25, 0.3) is 12.2 Å². The number of ketones is 2. The Balaban J connectivity index is 1.69. The first-order chi connectivity index (χ1) is 14.4. The number of benzene rings is 1. The fraction of sp³-hybridized carbons (Fsp3) is 0.261. The van der Waals surface area contributed by atoms with Crippen LogP contribution in [0.4, 0.5) is 5.69 Å². The zero-order valence-electron chi connectivity index (χ0n) is 16.8. The fourth-order valence-corrected chi connectivity index (χ4v) is 3.31. The van der Waals surface area contributed by atoms with Gasteiger partial charge in [0.15, 0.2) is 11.6 Å². The van der Waals surface area contributed by atoms with Crippen LogP contribution in [-0.4, -0.2) is 66.4 Å². The monoisotopic (exact) mass is 425 g/mol. The summed E-state index contributed by atoms with van der Waals surface area (Å²) in [6, 6.07) is 8.99. The Morgan fingerprint density at radius 3 is 2.53 bits per heavy atom. The lowest BCUT2D eigenvalue weighted by Crippen LogP contribution is -2.44. The molecule has 6 nitrogen and oxygen atoms in total. The molecule has 0 atom stereocenters. The molecule has 30 heavy (non-hydrogen) atoms. The highest BCUT2D eigenvalue weighted by molar-refractivity contribution is 6.31. The molecule has 0 radical (unpaired) electrons. The third-order valence-corrected chi connectivity index (χ3v) is 5.09. The second-order valence-corrected chi connectivity index (χ2v) is 7.60. The van der Waals surface area contributed by atoms with Gasteiger partial charge in [-0.25, -0.2) is 0 Å². The number of hydrogen-bond donors (Lipinski definition) is 1. The molecule has 3 rings (SSSR count). The summed E-state index contributed by atoms with van der Waals surface area (Å²) in [7, 11) is 2.10. The number of pyridine rings is 1. The molecule has 1 aromatic heterocycles. The number of rotatable bonds is 7. The van der Waals surface area contributed by atoms with Crippen LogP contribution in [0, 0.1) is 0 Å². The van der Waals surface area contributed by atoms with Gasteiger partial charge in [0.2, 0.25) is 0 Å². The number of piperazine rings is 1. The molecule has 1 aliphatic heterocycles. The molecule has 2 aromatic rings. The predicted molar refractivity (Wildman–Crippen MR) is 120 cm³/mol. The summed E-state index contributed by atoms with van der Waals surface area (Å²) in [5.74, 6) is -0.519. The Labute approximate surface area is 181 Å². The number of aliphatic hydroxyl groups excluding tert-OH is 1. The second kappa shape index (κ2) is 10.3. The molecule has 1 aromatic carbocycles. The number of hydrogen-bond acceptors (Lipinski definition) is 6. The predicted octanol–water partition coefficient (Wildman–Crippen LogP) is 2.96. The molecule has 1 saturated heterocycles. The first kappa shape index (κ1) is 21.9. The van der Waals surface area contributed by atoms with Gasteiger partial charge in [-0.05, 0) is 61.2 Å². The smallest absolute Gasteiger partial charge is 0.185 e. The second-order valence-electron chi connectivity index (χ2n) is 7.16. The number of aromatic nitrogens is 1. The minimum atomic E-state index is -0.528. The molecule has 0 saturated carbocycles. The Morgan fingerprint density at radius 1 is 1.10 bits per heavy atom. The SMILES string of the molecule is CN1CCN(c2cc(Cl)cc(C(=O)/C=C/c3ccc(/C=C/C(=O)CO)nc3)c2)CC1. The van der Waals surface area contributed by atoms with E-state index >= 15 is 0 Å². The van der Waals surface area contributed by atoms with E-state index in [4.69, 9.17) is 16.7 Å². The number of halogens is 1. The largest absolute Gasteiger partial charge is 0.388 e. The summed E-state index contributed by atoms with van der Waals surface area (Å²) in [6.45, 7) is 3.22. The maximum Gasteiger partial charge on any atom is 0.185 e. The number of carbonyl (C=O) groups is 2. The molecule has 0 unspecified atom stereocenters. The Morgan fingerprint density at radius 2 is 1.87 bits per heavy atom. The highest BCUT2D eigenvalue weighted by atomic mass is 35.5. The Hall–Kier alpha value is -2.80. The van der Waals surface area contributed by atoms with Crippen molar-refractivity contribution in [1.82, 2.24) is 9.88 Å². The van der Waals surface area contributed by atoms with Gasteiger partial charge in [-0.3, -0.25) is 14.6 Å². The van der Waals surface area contributed by atoms with Crippen LogP contribution in [0.1, 0.15) is 21.6 Å². The number of carbonyl (C=O) groups excluding carboxylic acids is 2. The van der Waals surface area contributed by atoms with E-state index in [0.717, 1.165) is 37.4 Å². The van der Waals surface area contributed by atoms with Gasteiger partial charge < -0.3 is 14.9 Å². The highest BCUT2D eigenvalue weighted by Crippen LogP contribution is 2.24. The van der Waals surface area contributed by atoms with Gasteiger partial charge in [-0.15, -0.1) is 0 Å². The van der Waals surface area contributed by atoms with Crippen LogP contribution in [-0.2, 0) is 4.79 Å². The Bertz CT molecular complexity index is 962. The number of likely N-dealkylation sites (N-methyl/N-ethyl adjacent to an activating group) is 1. The first-order valence-electron chi connectivity index (χ1n) is 9.69. The van der Waals surface area contributed by atoms with E-state index in [-0.39, 0.29) is 11.6 Å². The summed E-state index contributed by atoms with van der Waals surface area (Å²) >= 11 is 6.27. The molecule has 1 fully saturated rings. The molecule has 0 amide bonds. The van der Waals surface area contributed by atoms with Crippen molar-refractivity contribution in [1.29, 1.82) is 0 Å². The third-order valence-electron chi connectivity index (χ3n) is 4.87. The van der Waals surface area contributed by atoms with E-state index in [9.17, 15) is 9.59 Å². The standard InChI is InChI=1S/C23H24ClN3O3/c1-26-8-10-27(11-9-26)21-13-18(12-19(24)14-21)23(30)7-3-17-2-4-20(25-15-17)5-6-22(29)16-28/h2-7,12-15,28H,8-11,16H2,1H3/b6-5+,7-3+. The molecule has 7 heteroatoms. The summed E-state index contributed by atoms with van der Waals surface area (Å²) in [5, 5.41) is 9.26. The van der Waals surface area contributed by atoms with Crippen LogP contribution in [0.5, 0.6) is 0 Å². The minimum absolute atomic E-state index is 0.134. The lowest BCUT2D eigenvalue weighted by Gasteiger charge is -2.34. The third kappa shape index (κ3) is 6.10.